The molecule has 0 bridgehead atoms. The first kappa shape index (κ1) is 16.5. The Labute approximate surface area is 143 Å². The minimum Gasteiger partial charge on any atom is -0.302 e. The van der Waals surface area contributed by atoms with Crippen LogP contribution in [0.1, 0.15) is 23.1 Å². The van der Waals surface area contributed by atoms with Gasteiger partial charge in [0.2, 0.25) is 0 Å². The molecule has 0 saturated heterocycles. The molecule has 1 N–H and O–H groups in total. The van der Waals surface area contributed by atoms with E-state index in [0.717, 1.165) is 31.7 Å². The van der Waals surface area contributed by atoms with Gasteiger partial charge in [0, 0.05) is 36.6 Å². The molecule has 0 aliphatic heterocycles. The number of rotatable bonds is 7. The summed E-state index contributed by atoms with van der Waals surface area (Å²) in [5.41, 5.74) is 6.16. The van der Waals surface area contributed by atoms with Gasteiger partial charge in [-0.15, -0.1) is 0 Å². The lowest BCUT2D eigenvalue weighted by Crippen LogP contribution is -2.20. The third-order valence-electron chi connectivity index (χ3n) is 4.31. The molecule has 0 atom stereocenters. The van der Waals surface area contributed by atoms with Crippen LogP contribution in [-0.4, -0.2) is 38.5 Å². The molecular formula is C19H25N5. The lowest BCUT2D eigenvalue weighted by atomic mass is 10.0. The van der Waals surface area contributed by atoms with Gasteiger partial charge in [-0.25, -0.2) is 0 Å². The van der Waals surface area contributed by atoms with Crippen LogP contribution < -0.4 is 0 Å². The number of nitrogens with one attached hydrogen (secondary N) is 1. The predicted molar refractivity (Wildman–Crippen MR) is 96.7 cm³/mol. The van der Waals surface area contributed by atoms with Crippen LogP contribution in [0, 0.1) is 13.8 Å². The van der Waals surface area contributed by atoms with Gasteiger partial charge in [0.1, 0.15) is 0 Å². The minimum atomic E-state index is 0.887. The molecule has 2 heterocycles. The molecular weight excluding hydrogens is 298 g/mol. The van der Waals surface area contributed by atoms with Crippen molar-refractivity contribution in [2.24, 2.45) is 0 Å². The highest BCUT2D eigenvalue weighted by molar-refractivity contribution is 5.67. The van der Waals surface area contributed by atoms with Crippen LogP contribution in [0.5, 0.6) is 0 Å². The van der Waals surface area contributed by atoms with E-state index in [-0.39, 0.29) is 0 Å². The summed E-state index contributed by atoms with van der Waals surface area (Å²) in [6, 6.07) is 8.51. The Kier molecular flexibility index (Phi) is 5.11. The molecule has 3 rings (SSSR count). The van der Waals surface area contributed by atoms with E-state index in [1.54, 1.807) is 0 Å². The van der Waals surface area contributed by atoms with E-state index in [0.29, 0.717) is 0 Å². The smallest absolute Gasteiger partial charge is 0.0698 e. The van der Waals surface area contributed by atoms with E-state index < -0.39 is 0 Å². The minimum absolute atomic E-state index is 0.887. The summed E-state index contributed by atoms with van der Waals surface area (Å²) in [6.07, 6.45) is 6.86. The first-order valence-electron chi connectivity index (χ1n) is 8.39. The van der Waals surface area contributed by atoms with Crippen LogP contribution >= 0.6 is 0 Å². The zero-order valence-electron chi connectivity index (χ0n) is 14.7. The SMILES string of the molecule is Cc1ccc(C)c(-c2[nH]ncc2CN(C)CCCn2cccn2)c1. The number of aromatic nitrogens is 4. The maximum atomic E-state index is 4.28. The Bertz CT molecular complexity index is 773. The van der Waals surface area contributed by atoms with E-state index in [2.05, 4.69) is 59.3 Å². The maximum Gasteiger partial charge on any atom is 0.0698 e. The van der Waals surface area contributed by atoms with Crippen LogP contribution in [0.25, 0.3) is 11.3 Å². The number of nitrogens with zero attached hydrogens (tertiary/aromatic N) is 4. The molecule has 3 aromatic rings. The zero-order chi connectivity index (χ0) is 16.9. The number of hydrogen-bond acceptors (Lipinski definition) is 3. The molecule has 24 heavy (non-hydrogen) atoms. The van der Waals surface area contributed by atoms with Crippen molar-refractivity contribution in [1.29, 1.82) is 0 Å². The summed E-state index contributed by atoms with van der Waals surface area (Å²) < 4.78 is 1.98. The number of H-pyrrole nitrogens is 1. The third-order valence-corrected chi connectivity index (χ3v) is 4.31. The van der Waals surface area contributed by atoms with Crippen molar-refractivity contribution >= 4 is 0 Å². The summed E-state index contributed by atoms with van der Waals surface area (Å²) in [4.78, 5) is 2.34. The van der Waals surface area contributed by atoms with Gasteiger partial charge in [0.25, 0.3) is 0 Å². The highest BCUT2D eigenvalue weighted by atomic mass is 15.3. The number of hydrogen-bond donors (Lipinski definition) is 1. The Morgan fingerprint density at radius 2 is 2.12 bits per heavy atom. The monoisotopic (exact) mass is 323 g/mol. The highest BCUT2D eigenvalue weighted by Gasteiger charge is 2.12. The molecule has 5 nitrogen and oxygen atoms in total. The molecule has 0 radical (unpaired) electrons. The topological polar surface area (TPSA) is 49.7 Å². The molecule has 5 heteroatoms. The predicted octanol–water partition coefficient (Wildman–Crippen LogP) is 3.41. The molecule has 0 spiro atoms. The second-order valence-electron chi connectivity index (χ2n) is 6.45. The van der Waals surface area contributed by atoms with Crippen molar-refractivity contribution in [3.8, 4) is 11.3 Å². The summed E-state index contributed by atoms with van der Waals surface area (Å²) in [6.45, 7) is 7.13. The first-order valence-corrected chi connectivity index (χ1v) is 8.39. The van der Waals surface area contributed by atoms with Gasteiger partial charge in [-0.1, -0.05) is 17.7 Å². The molecule has 1 aromatic carbocycles. The quantitative estimate of drug-likeness (QED) is 0.725. The molecule has 126 valence electrons. The molecule has 0 saturated carbocycles. The second kappa shape index (κ2) is 7.45. The van der Waals surface area contributed by atoms with Gasteiger partial charge in [-0.2, -0.15) is 10.2 Å². The normalized spacial score (nSPS) is 11.3. The van der Waals surface area contributed by atoms with Crippen LogP contribution in [0.15, 0.2) is 42.9 Å². The summed E-state index contributed by atoms with van der Waals surface area (Å²) >= 11 is 0. The van der Waals surface area contributed by atoms with Crippen molar-refractivity contribution in [2.45, 2.75) is 33.4 Å². The lowest BCUT2D eigenvalue weighted by molar-refractivity contribution is 0.312. The van der Waals surface area contributed by atoms with Gasteiger partial charge in [-0.05, 0) is 51.6 Å². The fourth-order valence-corrected chi connectivity index (χ4v) is 2.97. The van der Waals surface area contributed by atoms with E-state index in [1.807, 2.05) is 29.3 Å². The molecule has 0 aliphatic rings. The van der Waals surface area contributed by atoms with Crippen LogP contribution in [0.2, 0.25) is 0 Å². The van der Waals surface area contributed by atoms with Gasteiger partial charge in [0.05, 0.1) is 11.9 Å². The van der Waals surface area contributed by atoms with Gasteiger partial charge in [-0.3, -0.25) is 9.78 Å². The number of aromatic amines is 1. The highest BCUT2D eigenvalue weighted by Crippen LogP contribution is 2.26. The van der Waals surface area contributed by atoms with Crippen LogP contribution in [0.4, 0.5) is 0 Å². The van der Waals surface area contributed by atoms with Crippen molar-refractivity contribution < 1.29 is 0 Å². The van der Waals surface area contributed by atoms with E-state index >= 15 is 0 Å². The van der Waals surface area contributed by atoms with Crippen molar-refractivity contribution in [1.82, 2.24) is 24.9 Å². The average Bonchev–Trinajstić information content (AvgIpc) is 3.21. The third kappa shape index (κ3) is 3.92. The Morgan fingerprint density at radius 1 is 1.25 bits per heavy atom. The zero-order valence-corrected chi connectivity index (χ0v) is 14.7. The van der Waals surface area contributed by atoms with E-state index in [9.17, 15) is 0 Å². The Morgan fingerprint density at radius 3 is 2.92 bits per heavy atom. The van der Waals surface area contributed by atoms with Gasteiger partial charge < -0.3 is 4.90 Å². The fraction of sp³-hybridized carbons (Fsp3) is 0.368. The summed E-state index contributed by atoms with van der Waals surface area (Å²) in [5, 5.41) is 11.7. The maximum absolute atomic E-state index is 4.28. The first-order chi connectivity index (χ1) is 11.6. The van der Waals surface area contributed by atoms with Gasteiger partial charge in [0.15, 0.2) is 0 Å². The van der Waals surface area contributed by atoms with Crippen molar-refractivity contribution in [3.63, 3.8) is 0 Å². The van der Waals surface area contributed by atoms with E-state index in [1.165, 1.54) is 22.3 Å². The fourth-order valence-electron chi connectivity index (χ4n) is 2.97. The second-order valence-corrected chi connectivity index (χ2v) is 6.45. The van der Waals surface area contributed by atoms with Gasteiger partial charge >= 0.3 is 0 Å². The largest absolute Gasteiger partial charge is 0.302 e. The standard InChI is InChI=1S/C19H25N5/c1-15-6-7-16(2)18(12-15)19-17(13-20-22-19)14-23(3)9-5-11-24-10-4-8-21-24/h4,6-8,10,12-13H,5,9,11,14H2,1-3H3,(H,20,22). The van der Waals surface area contributed by atoms with Crippen molar-refractivity contribution in [2.75, 3.05) is 13.6 Å². The Hall–Kier alpha value is -2.40. The molecule has 0 unspecified atom stereocenters. The average molecular weight is 323 g/mol. The molecule has 0 fully saturated rings. The molecule has 0 aliphatic carbocycles. The summed E-state index contributed by atoms with van der Waals surface area (Å²) in [5.74, 6) is 0. The van der Waals surface area contributed by atoms with Crippen LogP contribution in [-0.2, 0) is 13.1 Å². The van der Waals surface area contributed by atoms with Crippen molar-refractivity contribution in [3.05, 3.63) is 59.5 Å². The van der Waals surface area contributed by atoms with Crippen LogP contribution in [0.3, 0.4) is 0 Å². The Balaban J connectivity index is 1.63. The summed E-state index contributed by atoms with van der Waals surface area (Å²) in [7, 11) is 2.16. The van der Waals surface area contributed by atoms with E-state index in [4.69, 9.17) is 0 Å². The number of aryl methyl sites for hydroxylation is 3. The number of benzene rings is 1. The molecule has 2 aromatic heterocycles. The molecule has 0 amide bonds. The lowest BCUT2D eigenvalue weighted by Gasteiger charge is -2.17.